The van der Waals surface area contributed by atoms with Crippen molar-refractivity contribution in [1.29, 1.82) is 0 Å². The molecule has 16 heavy (non-hydrogen) atoms. The largest absolute Gasteiger partial charge is 0.387 e. The van der Waals surface area contributed by atoms with Gasteiger partial charge in [-0.3, -0.25) is 0 Å². The van der Waals surface area contributed by atoms with Gasteiger partial charge in [0, 0.05) is 6.04 Å². The van der Waals surface area contributed by atoms with Crippen LogP contribution in [0.5, 0.6) is 0 Å². The third-order valence-corrected chi connectivity index (χ3v) is 2.96. The number of rotatable bonds is 6. The second-order valence-electron chi connectivity index (χ2n) is 4.01. The smallest absolute Gasteiger partial charge is 0.0943 e. The molecule has 0 amide bonds. The summed E-state index contributed by atoms with van der Waals surface area (Å²) in [6, 6.07) is 8.13. The van der Waals surface area contributed by atoms with Crippen molar-refractivity contribution >= 4 is 0 Å². The van der Waals surface area contributed by atoms with Crippen molar-refractivity contribution < 1.29 is 5.11 Å². The molecule has 3 nitrogen and oxygen atoms in total. The number of aliphatic hydroxyl groups excluding tert-OH is 1. The second kappa shape index (κ2) is 6.63. The lowest BCUT2D eigenvalue weighted by Gasteiger charge is -2.22. The number of aliphatic hydroxyl groups is 1. The van der Waals surface area contributed by atoms with Crippen LogP contribution in [0.25, 0.3) is 0 Å². The third kappa shape index (κ3) is 3.30. The zero-order valence-corrected chi connectivity index (χ0v) is 10.1. The fourth-order valence-electron chi connectivity index (χ4n) is 1.82. The van der Waals surface area contributed by atoms with Crippen molar-refractivity contribution in [2.24, 2.45) is 5.73 Å². The molecule has 0 aliphatic heterocycles. The van der Waals surface area contributed by atoms with Crippen LogP contribution >= 0.6 is 0 Å². The van der Waals surface area contributed by atoms with Gasteiger partial charge in [0.1, 0.15) is 0 Å². The van der Waals surface area contributed by atoms with E-state index in [2.05, 4.69) is 24.4 Å². The summed E-state index contributed by atoms with van der Waals surface area (Å²) in [7, 11) is 1.85. The van der Waals surface area contributed by atoms with Crippen LogP contribution in [0.2, 0.25) is 0 Å². The molecule has 0 aliphatic carbocycles. The Morgan fingerprint density at radius 3 is 2.38 bits per heavy atom. The van der Waals surface area contributed by atoms with E-state index in [1.54, 1.807) is 0 Å². The van der Waals surface area contributed by atoms with Crippen molar-refractivity contribution in [3.63, 3.8) is 0 Å². The van der Waals surface area contributed by atoms with Crippen molar-refractivity contribution in [3.8, 4) is 0 Å². The first kappa shape index (κ1) is 13.2. The molecule has 2 unspecified atom stereocenters. The fourth-order valence-corrected chi connectivity index (χ4v) is 1.82. The molecular weight excluding hydrogens is 200 g/mol. The first-order valence-electron chi connectivity index (χ1n) is 5.87. The summed E-state index contributed by atoms with van der Waals surface area (Å²) in [5.41, 5.74) is 7.75. The number of aryl methyl sites for hydroxylation is 1. The molecule has 0 bridgehead atoms. The van der Waals surface area contributed by atoms with Gasteiger partial charge in [-0.1, -0.05) is 31.2 Å². The average Bonchev–Trinajstić information content (AvgIpc) is 2.35. The molecule has 90 valence electrons. The van der Waals surface area contributed by atoms with Crippen LogP contribution in [-0.4, -0.2) is 24.7 Å². The zero-order chi connectivity index (χ0) is 12.0. The molecule has 1 aromatic rings. The Hall–Kier alpha value is -0.900. The van der Waals surface area contributed by atoms with E-state index in [1.165, 1.54) is 5.56 Å². The molecule has 1 aromatic carbocycles. The van der Waals surface area contributed by atoms with Crippen LogP contribution in [-0.2, 0) is 6.42 Å². The maximum Gasteiger partial charge on any atom is 0.0943 e. The predicted octanol–water partition coefficient (Wildman–Crippen LogP) is 1.22. The van der Waals surface area contributed by atoms with Crippen LogP contribution in [0.1, 0.15) is 30.6 Å². The lowest BCUT2D eigenvalue weighted by atomic mass is 9.98. The van der Waals surface area contributed by atoms with E-state index in [9.17, 15) is 5.11 Å². The van der Waals surface area contributed by atoms with Crippen LogP contribution < -0.4 is 11.1 Å². The standard InChI is InChI=1S/C13H22N2O/c1-3-10-4-6-11(7-5-10)13(16)12(15-2)8-9-14/h4-7,12-13,15-16H,3,8-9,14H2,1-2H3. The second-order valence-corrected chi connectivity index (χ2v) is 4.01. The quantitative estimate of drug-likeness (QED) is 0.678. The Kier molecular flexibility index (Phi) is 5.46. The summed E-state index contributed by atoms with van der Waals surface area (Å²) in [5, 5.41) is 13.3. The van der Waals surface area contributed by atoms with Crippen molar-refractivity contribution in [1.82, 2.24) is 5.32 Å². The van der Waals surface area contributed by atoms with Gasteiger partial charge in [0.05, 0.1) is 6.10 Å². The minimum atomic E-state index is -0.487. The molecule has 0 fully saturated rings. The number of nitrogens with two attached hydrogens (primary N) is 1. The number of nitrogens with one attached hydrogen (secondary N) is 1. The van der Waals surface area contributed by atoms with Crippen LogP contribution in [0.3, 0.4) is 0 Å². The molecule has 0 aromatic heterocycles. The molecule has 2 atom stereocenters. The first-order chi connectivity index (χ1) is 7.72. The van der Waals surface area contributed by atoms with Crippen LogP contribution in [0.4, 0.5) is 0 Å². The Morgan fingerprint density at radius 2 is 1.94 bits per heavy atom. The molecule has 3 heteroatoms. The highest BCUT2D eigenvalue weighted by molar-refractivity contribution is 5.25. The normalized spacial score (nSPS) is 14.8. The number of hydrogen-bond donors (Lipinski definition) is 3. The predicted molar refractivity (Wildman–Crippen MR) is 67.3 cm³/mol. The molecule has 0 spiro atoms. The number of hydrogen-bond acceptors (Lipinski definition) is 3. The topological polar surface area (TPSA) is 58.3 Å². The Bertz CT molecular complexity index is 297. The van der Waals surface area contributed by atoms with Gasteiger partial charge < -0.3 is 16.2 Å². The van der Waals surface area contributed by atoms with Gasteiger partial charge in [-0.05, 0) is 37.6 Å². The lowest BCUT2D eigenvalue weighted by Crippen LogP contribution is -2.34. The SMILES string of the molecule is CCc1ccc(C(O)C(CCN)NC)cc1. The van der Waals surface area contributed by atoms with Gasteiger partial charge in [-0.15, -0.1) is 0 Å². The molecule has 4 N–H and O–H groups in total. The van der Waals surface area contributed by atoms with E-state index < -0.39 is 6.10 Å². The summed E-state index contributed by atoms with van der Waals surface area (Å²) in [5.74, 6) is 0. The van der Waals surface area contributed by atoms with Crippen LogP contribution in [0, 0.1) is 0 Å². The van der Waals surface area contributed by atoms with Crippen molar-refractivity contribution in [2.75, 3.05) is 13.6 Å². The van der Waals surface area contributed by atoms with Crippen molar-refractivity contribution in [3.05, 3.63) is 35.4 Å². The van der Waals surface area contributed by atoms with Crippen molar-refractivity contribution in [2.45, 2.75) is 31.9 Å². The number of likely N-dealkylation sites (N-methyl/N-ethyl adjacent to an activating group) is 1. The molecule has 0 saturated carbocycles. The molecule has 0 saturated heterocycles. The van der Waals surface area contributed by atoms with Crippen LogP contribution in [0.15, 0.2) is 24.3 Å². The molecule has 0 aliphatic rings. The summed E-state index contributed by atoms with van der Waals surface area (Å²) >= 11 is 0. The highest BCUT2D eigenvalue weighted by Gasteiger charge is 2.17. The Labute approximate surface area is 97.7 Å². The maximum atomic E-state index is 10.2. The highest BCUT2D eigenvalue weighted by atomic mass is 16.3. The first-order valence-corrected chi connectivity index (χ1v) is 5.87. The lowest BCUT2D eigenvalue weighted by molar-refractivity contribution is 0.129. The fraction of sp³-hybridized carbons (Fsp3) is 0.538. The van der Waals surface area contributed by atoms with E-state index in [0.717, 1.165) is 18.4 Å². The highest BCUT2D eigenvalue weighted by Crippen LogP contribution is 2.19. The van der Waals surface area contributed by atoms with Gasteiger partial charge in [0.2, 0.25) is 0 Å². The van der Waals surface area contributed by atoms with E-state index in [0.29, 0.717) is 6.54 Å². The maximum absolute atomic E-state index is 10.2. The van der Waals surface area contributed by atoms with Gasteiger partial charge >= 0.3 is 0 Å². The molecule has 0 radical (unpaired) electrons. The molecule has 0 heterocycles. The van der Waals surface area contributed by atoms with E-state index >= 15 is 0 Å². The Balaban J connectivity index is 2.73. The number of benzene rings is 1. The average molecular weight is 222 g/mol. The summed E-state index contributed by atoms with van der Waals surface area (Å²) in [6.07, 6.45) is 1.31. The summed E-state index contributed by atoms with van der Waals surface area (Å²) in [4.78, 5) is 0. The van der Waals surface area contributed by atoms with E-state index in [4.69, 9.17) is 5.73 Å². The summed E-state index contributed by atoms with van der Waals surface area (Å²) < 4.78 is 0. The van der Waals surface area contributed by atoms with Gasteiger partial charge in [0.15, 0.2) is 0 Å². The van der Waals surface area contributed by atoms with Gasteiger partial charge in [0.25, 0.3) is 0 Å². The zero-order valence-electron chi connectivity index (χ0n) is 10.1. The summed E-state index contributed by atoms with van der Waals surface area (Å²) in [6.45, 7) is 2.70. The monoisotopic (exact) mass is 222 g/mol. The van der Waals surface area contributed by atoms with Gasteiger partial charge in [-0.25, -0.2) is 0 Å². The molecule has 1 rings (SSSR count). The molecular formula is C13H22N2O. The Morgan fingerprint density at radius 1 is 1.31 bits per heavy atom. The minimum Gasteiger partial charge on any atom is -0.387 e. The van der Waals surface area contributed by atoms with E-state index in [1.807, 2.05) is 19.2 Å². The third-order valence-electron chi connectivity index (χ3n) is 2.96. The van der Waals surface area contributed by atoms with E-state index in [-0.39, 0.29) is 6.04 Å². The minimum absolute atomic E-state index is 0.0254. The van der Waals surface area contributed by atoms with Gasteiger partial charge in [-0.2, -0.15) is 0 Å².